The largest absolute Gasteiger partial charge is 0.234 e. The summed E-state index contributed by atoms with van der Waals surface area (Å²) in [4.78, 5) is 0. The molecule has 0 aliphatic heterocycles. The Labute approximate surface area is 122 Å². The third kappa shape index (κ3) is 3.26. The Morgan fingerprint density at radius 2 is 1.84 bits per heavy atom. The highest BCUT2D eigenvalue weighted by atomic mass is 35.5. The minimum Gasteiger partial charge on any atom is -0.234 e. The van der Waals surface area contributed by atoms with Crippen molar-refractivity contribution in [2.45, 2.75) is 50.2 Å². The standard InChI is InChI=1S/C15H20ClNOS/c1-14(2,3)19(18)17-11-15(9-4-10-15)12-5-7-13(16)8-6-12/h5-8,11H,4,9-10H2,1-3H3. The van der Waals surface area contributed by atoms with E-state index in [1.54, 1.807) is 0 Å². The fourth-order valence-electron chi connectivity index (χ4n) is 2.14. The topological polar surface area (TPSA) is 29.4 Å². The molecule has 1 atom stereocenters. The van der Waals surface area contributed by atoms with Crippen LogP contribution in [0.2, 0.25) is 5.02 Å². The first-order chi connectivity index (χ1) is 8.83. The number of hydrogen-bond acceptors (Lipinski definition) is 1. The van der Waals surface area contributed by atoms with Gasteiger partial charge in [0, 0.05) is 16.7 Å². The second kappa shape index (κ2) is 5.37. The molecule has 0 saturated heterocycles. The lowest BCUT2D eigenvalue weighted by molar-refractivity contribution is 0.348. The normalized spacial score (nSPS) is 20.2. The highest BCUT2D eigenvalue weighted by Gasteiger charge is 2.37. The van der Waals surface area contributed by atoms with E-state index < -0.39 is 11.0 Å². The van der Waals surface area contributed by atoms with Crippen LogP contribution in [0.4, 0.5) is 0 Å². The Hall–Kier alpha value is -0.670. The van der Waals surface area contributed by atoms with Crippen LogP contribution >= 0.6 is 11.6 Å². The first kappa shape index (κ1) is 14.7. The SMILES string of the molecule is CC(C)(C)S(=O)N=CC1(c2ccc(Cl)cc2)CCC1. The van der Waals surface area contributed by atoms with Crippen LogP contribution in [-0.2, 0) is 16.4 Å². The number of nitrogens with zero attached hydrogens (tertiary/aromatic N) is 1. The van der Waals surface area contributed by atoms with Gasteiger partial charge in [0.15, 0.2) is 0 Å². The Morgan fingerprint density at radius 1 is 1.26 bits per heavy atom. The first-order valence-electron chi connectivity index (χ1n) is 6.57. The van der Waals surface area contributed by atoms with Crippen LogP contribution in [0, 0.1) is 0 Å². The van der Waals surface area contributed by atoms with Crippen LogP contribution in [0.15, 0.2) is 28.7 Å². The van der Waals surface area contributed by atoms with Crippen LogP contribution in [-0.4, -0.2) is 15.2 Å². The lowest BCUT2D eigenvalue weighted by Crippen LogP contribution is -2.36. The van der Waals surface area contributed by atoms with Gasteiger partial charge in [-0.05, 0) is 51.3 Å². The molecule has 1 aromatic carbocycles. The van der Waals surface area contributed by atoms with E-state index in [0.29, 0.717) is 0 Å². The van der Waals surface area contributed by atoms with Crippen molar-refractivity contribution >= 4 is 28.8 Å². The fraction of sp³-hybridized carbons (Fsp3) is 0.533. The maximum atomic E-state index is 12.0. The molecule has 2 nitrogen and oxygen atoms in total. The molecule has 0 aromatic heterocycles. The number of hydrogen-bond donors (Lipinski definition) is 0. The minimum atomic E-state index is -1.19. The van der Waals surface area contributed by atoms with Gasteiger partial charge in [0.1, 0.15) is 11.0 Å². The van der Waals surface area contributed by atoms with Crippen molar-refractivity contribution in [3.8, 4) is 0 Å². The number of rotatable bonds is 3. The maximum Gasteiger partial charge on any atom is 0.144 e. The first-order valence-corrected chi connectivity index (χ1v) is 8.05. The molecule has 104 valence electrons. The van der Waals surface area contributed by atoms with E-state index in [9.17, 15) is 4.21 Å². The summed E-state index contributed by atoms with van der Waals surface area (Å²) >= 11 is 5.93. The Kier molecular flexibility index (Phi) is 4.17. The quantitative estimate of drug-likeness (QED) is 0.765. The van der Waals surface area contributed by atoms with Crippen LogP contribution in [0.25, 0.3) is 0 Å². The molecule has 2 rings (SSSR count). The molecule has 1 aliphatic carbocycles. The molecule has 1 aromatic rings. The lowest BCUT2D eigenvalue weighted by Gasteiger charge is -2.39. The van der Waals surface area contributed by atoms with Crippen molar-refractivity contribution in [2.24, 2.45) is 4.40 Å². The molecular weight excluding hydrogens is 278 g/mol. The van der Waals surface area contributed by atoms with Crippen molar-refractivity contribution in [2.75, 3.05) is 0 Å². The van der Waals surface area contributed by atoms with Gasteiger partial charge in [-0.2, -0.15) is 4.40 Å². The van der Waals surface area contributed by atoms with Crippen LogP contribution in [0.1, 0.15) is 45.6 Å². The molecule has 0 radical (unpaired) electrons. The molecular formula is C15H20ClNOS. The molecule has 1 unspecified atom stereocenters. The summed E-state index contributed by atoms with van der Waals surface area (Å²) in [6, 6.07) is 7.91. The van der Waals surface area contributed by atoms with Crippen LogP contribution in [0.3, 0.4) is 0 Å². The van der Waals surface area contributed by atoms with E-state index in [4.69, 9.17) is 11.6 Å². The number of halogens is 1. The molecule has 4 heteroatoms. The van der Waals surface area contributed by atoms with E-state index >= 15 is 0 Å². The van der Waals surface area contributed by atoms with Crippen molar-refractivity contribution in [1.29, 1.82) is 0 Å². The second-order valence-electron chi connectivity index (χ2n) is 6.11. The van der Waals surface area contributed by atoms with Gasteiger partial charge in [0.05, 0.1) is 4.75 Å². The van der Waals surface area contributed by atoms with Crippen molar-refractivity contribution in [1.82, 2.24) is 0 Å². The van der Waals surface area contributed by atoms with Gasteiger partial charge in [0.25, 0.3) is 0 Å². The van der Waals surface area contributed by atoms with E-state index in [1.165, 1.54) is 12.0 Å². The van der Waals surface area contributed by atoms with Gasteiger partial charge in [-0.3, -0.25) is 0 Å². The molecule has 0 spiro atoms. The molecule has 19 heavy (non-hydrogen) atoms. The van der Waals surface area contributed by atoms with E-state index in [1.807, 2.05) is 51.3 Å². The molecule has 0 bridgehead atoms. The van der Waals surface area contributed by atoms with Gasteiger partial charge in [-0.1, -0.05) is 30.2 Å². The summed E-state index contributed by atoms with van der Waals surface area (Å²) < 4.78 is 16.0. The lowest BCUT2D eigenvalue weighted by atomic mass is 9.65. The fourth-order valence-corrected chi connectivity index (χ4v) is 2.88. The average Bonchev–Trinajstić information content (AvgIpc) is 2.28. The van der Waals surface area contributed by atoms with Gasteiger partial charge >= 0.3 is 0 Å². The highest BCUT2D eigenvalue weighted by Crippen LogP contribution is 2.42. The van der Waals surface area contributed by atoms with E-state index in [2.05, 4.69) is 4.40 Å². The average molecular weight is 298 g/mol. The van der Waals surface area contributed by atoms with Gasteiger partial charge in [-0.15, -0.1) is 0 Å². The summed E-state index contributed by atoms with van der Waals surface area (Å²) in [6.07, 6.45) is 5.23. The molecule has 0 heterocycles. The van der Waals surface area contributed by atoms with Gasteiger partial charge < -0.3 is 0 Å². The van der Waals surface area contributed by atoms with Gasteiger partial charge in [-0.25, -0.2) is 4.21 Å². The van der Waals surface area contributed by atoms with E-state index in [-0.39, 0.29) is 10.2 Å². The zero-order chi connectivity index (χ0) is 14.1. The summed E-state index contributed by atoms with van der Waals surface area (Å²) in [5.41, 5.74) is 1.18. The monoisotopic (exact) mass is 297 g/mol. The smallest absolute Gasteiger partial charge is 0.144 e. The summed E-state index contributed by atoms with van der Waals surface area (Å²) in [6.45, 7) is 5.82. The third-order valence-corrected chi connectivity index (χ3v) is 5.18. The Bertz CT molecular complexity index is 498. The Morgan fingerprint density at radius 3 is 2.26 bits per heavy atom. The van der Waals surface area contributed by atoms with Crippen LogP contribution < -0.4 is 0 Å². The predicted molar refractivity (Wildman–Crippen MR) is 83.4 cm³/mol. The second-order valence-corrected chi connectivity index (χ2v) is 8.48. The number of benzene rings is 1. The maximum absolute atomic E-state index is 12.0. The van der Waals surface area contributed by atoms with Crippen molar-refractivity contribution < 1.29 is 4.21 Å². The van der Waals surface area contributed by atoms with Gasteiger partial charge in [0.2, 0.25) is 0 Å². The summed E-state index contributed by atoms with van der Waals surface area (Å²) in [5, 5.41) is 0.744. The van der Waals surface area contributed by atoms with Crippen LogP contribution in [0.5, 0.6) is 0 Å². The predicted octanol–water partition coefficient (Wildman–Crippen LogP) is 4.29. The minimum absolute atomic E-state index is 0.0362. The molecule has 1 fully saturated rings. The molecule has 0 amide bonds. The zero-order valence-corrected chi connectivity index (χ0v) is 13.2. The van der Waals surface area contributed by atoms with Crippen molar-refractivity contribution in [3.05, 3.63) is 34.9 Å². The summed E-state index contributed by atoms with van der Waals surface area (Å²) in [5.74, 6) is 0. The Balaban J connectivity index is 2.22. The zero-order valence-electron chi connectivity index (χ0n) is 11.6. The molecule has 1 saturated carbocycles. The third-order valence-electron chi connectivity index (χ3n) is 3.58. The van der Waals surface area contributed by atoms with E-state index in [0.717, 1.165) is 17.9 Å². The molecule has 0 N–H and O–H groups in total. The molecule has 1 aliphatic rings. The summed E-state index contributed by atoms with van der Waals surface area (Å²) in [7, 11) is -1.19. The highest BCUT2D eigenvalue weighted by molar-refractivity contribution is 7.85. The van der Waals surface area contributed by atoms with Crippen molar-refractivity contribution in [3.63, 3.8) is 0 Å².